The molecule has 0 saturated heterocycles. The summed E-state index contributed by atoms with van der Waals surface area (Å²) in [5.74, 6) is 0.848. The van der Waals surface area contributed by atoms with Crippen LogP contribution in [0.2, 0.25) is 0 Å². The van der Waals surface area contributed by atoms with E-state index in [0.29, 0.717) is 45.9 Å². The molecule has 0 bridgehead atoms. The molecule has 0 fully saturated rings. The van der Waals surface area contributed by atoms with E-state index in [-0.39, 0.29) is 23.7 Å². The van der Waals surface area contributed by atoms with E-state index >= 15 is 0 Å². The Morgan fingerprint density at radius 2 is 1.87 bits per heavy atom. The van der Waals surface area contributed by atoms with E-state index in [9.17, 15) is 9.90 Å². The quantitative estimate of drug-likeness (QED) is 0.291. The molecule has 4 heterocycles. The van der Waals surface area contributed by atoms with Crippen molar-refractivity contribution in [2.75, 3.05) is 12.3 Å². The molecule has 0 aliphatic carbocycles. The van der Waals surface area contributed by atoms with E-state index in [2.05, 4.69) is 15.3 Å². The lowest BCUT2D eigenvalue weighted by Gasteiger charge is -2.13. The molecule has 196 valence electrons. The predicted octanol–water partition coefficient (Wildman–Crippen LogP) is 3.05. The second kappa shape index (κ2) is 9.69. The lowest BCUT2D eigenvalue weighted by atomic mass is 10.1. The minimum absolute atomic E-state index is 0.117. The molecule has 0 aliphatic heterocycles. The zero-order chi connectivity index (χ0) is 27.1. The lowest BCUT2D eigenvalue weighted by Crippen LogP contribution is -2.28. The second-order valence-corrected chi connectivity index (χ2v) is 9.32. The van der Waals surface area contributed by atoms with E-state index in [0.717, 1.165) is 17.7 Å². The summed E-state index contributed by atoms with van der Waals surface area (Å²) in [5, 5.41) is 24.0. The molecule has 0 amide bonds. The topological polar surface area (TPSA) is 141 Å². The third-order valence-corrected chi connectivity index (χ3v) is 6.65. The van der Waals surface area contributed by atoms with Crippen LogP contribution in [0.25, 0.3) is 33.5 Å². The number of hydrogen-bond acceptors (Lipinski definition) is 8. The van der Waals surface area contributed by atoms with Crippen LogP contribution in [-0.4, -0.2) is 45.6 Å². The van der Waals surface area contributed by atoms with Crippen LogP contribution in [0.5, 0.6) is 5.75 Å². The predicted molar refractivity (Wildman–Crippen MR) is 149 cm³/mol. The summed E-state index contributed by atoms with van der Waals surface area (Å²) >= 11 is 0. The SMILES string of the molecule is CCNCc1cc(O)cc(-c2nn(Cc3nn4ccc(C)c4c(=O)n3-c3ccccc3)c3ncnc(N)c23)c1. The number of nitrogens with zero attached hydrogens (tertiary/aromatic N) is 7. The molecule has 0 radical (unpaired) electrons. The van der Waals surface area contributed by atoms with Gasteiger partial charge in [0.1, 0.15) is 35.7 Å². The van der Waals surface area contributed by atoms with Crippen LogP contribution in [0.1, 0.15) is 23.9 Å². The first kappa shape index (κ1) is 24.3. The first-order valence-corrected chi connectivity index (χ1v) is 12.6. The summed E-state index contributed by atoms with van der Waals surface area (Å²) in [7, 11) is 0. The number of phenolic OH excluding ortho intramolecular Hbond substituents is 1. The standard InChI is InChI=1S/C28H27N9O2/c1-3-30-14-18-11-19(13-21(38)12-18)24-23-26(29)31-16-32-27(23)36(34-24)15-22-33-35-10-9-17(2)25(35)28(39)37(22)20-7-5-4-6-8-20/h4-13,16,30,38H,3,14-15H2,1-2H3,(H2,29,31,32). The Kier molecular flexibility index (Phi) is 6.04. The van der Waals surface area contributed by atoms with Crippen LogP contribution in [0.4, 0.5) is 5.82 Å². The molecular weight excluding hydrogens is 494 g/mol. The highest BCUT2D eigenvalue weighted by Crippen LogP contribution is 2.33. The van der Waals surface area contributed by atoms with Crippen molar-refractivity contribution in [3.63, 3.8) is 0 Å². The summed E-state index contributed by atoms with van der Waals surface area (Å²) in [6.07, 6.45) is 3.16. The monoisotopic (exact) mass is 521 g/mol. The van der Waals surface area contributed by atoms with E-state index in [4.69, 9.17) is 15.9 Å². The van der Waals surface area contributed by atoms with Crippen LogP contribution < -0.4 is 16.6 Å². The van der Waals surface area contributed by atoms with Crippen molar-refractivity contribution < 1.29 is 5.11 Å². The molecule has 0 atom stereocenters. The van der Waals surface area contributed by atoms with Crippen molar-refractivity contribution in [3.05, 3.63) is 94.4 Å². The maximum absolute atomic E-state index is 13.7. The fourth-order valence-corrected chi connectivity index (χ4v) is 4.86. The number of aryl methyl sites for hydroxylation is 1. The lowest BCUT2D eigenvalue weighted by molar-refractivity contribution is 0.474. The molecule has 6 rings (SSSR count). The molecule has 0 spiro atoms. The Morgan fingerprint density at radius 3 is 2.67 bits per heavy atom. The molecule has 4 aromatic heterocycles. The smallest absolute Gasteiger partial charge is 0.282 e. The van der Waals surface area contributed by atoms with Crippen molar-refractivity contribution in [1.29, 1.82) is 0 Å². The van der Waals surface area contributed by atoms with Gasteiger partial charge in [0.15, 0.2) is 11.5 Å². The van der Waals surface area contributed by atoms with Gasteiger partial charge in [-0.05, 0) is 61.0 Å². The maximum Gasteiger partial charge on any atom is 0.282 e. The van der Waals surface area contributed by atoms with Gasteiger partial charge < -0.3 is 16.2 Å². The normalized spacial score (nSPS) is 11.5. The number of anilines is 1. The van der Waals surface area contributed by atoms with Gasteiger partial charge in [-0.15, -0.1) is 0 Å². The number of nitrogens with two attached hydrogens (primary N) is 1. The van der Waals surface area contributed by atoms with Crippen molar-refractivity contribution in [2.45, 2.75) is 26.9 Å². The highest BCUT2D eigenvalue weighted by molar-refractivity contribution is 5.98. The number of phenols is 1. The van der Waals surface area contributed by atoms with Crippen LogP contribution in [-0.2, 0) is 13.1 Å². The van der Waals surface area contributed by atoms with Crippen LogP contribution in [0.3, 0.4) is 0 Å². The highest BCUT2D eigenvalue weighted by atomic mass is 16.3. The largest absolute Gasteiger partial charge is 0.508 e. The average Bonchev–Trinajstić information content (AvgIpc) is 3.49. The second-order valence-electron chi connectivity index (χ2n) is 9.32. The molecule has 2 aromatic carbocycles. The third kappa shape index (κ3) is 4.28. The molecular formula is C28H27N9O2. The zero-order valence-corrected chi connectivity index (χ0v) is 21.5. The van der Waals surface area contributed by atoms with Gasteiger partial charge in [-0.2, -0.15) is 10.2 Å². The Balaban J connectivity index is 1.55. The first-order valence-electron chi connectivity index (χ1n) is 12.6. The number of fused-ring (bicyclic) bond motifs is 2. The Labute approximate surface area is 223 Å². The molecule has 0 unspecified atom stereocenters. The number of para-hydroxylation sites is 1. The number of nitrogens with one attached hydrogen (secondary N) is 1. The van der Waals surface area contributed by atoms with Gasteiger partial charge in [0.2, 0.25) is 0 Å². The van der Waals surface area contributed by atoms with Gasteiger partial charge >= 0.3 is 0 Å². The zero-order valence-electron chi connectivity index (χ0n) is 21.5. The van der Waals surface area contributed by atoms with Gasteiger partial charge in [-0.1, -0.05) is 25.1 Å². The Bertz CT molecular complexity index is 1890. The Hall–Kier alpha value is -5.03. The molecule has 6 aromatic rings. The first-order chi connectivity index (χ1) is 18.9. The molecule has 0 aliphatic rings. The number of aromatic nitrogens is 7. The molecule has 4 N–H and O–H groups in total. The number of aromatic hydroxyl groups is 1. The maximum atomic E-state index is 13.7. The van der Waals surface area contributed by atoms with Crippen molar-refractivity contribution in [2.24, 2.45) is 0 Å². The minimum Gasteiger partial charge on any atom is -0.508 e. The van der Waals surface area contributed by atoms with Crippen LogP contribution in [0.15, 0.2) is 71.9 Å². The minimum atomic E-state index is -0.180. The van der Waals surface area contributed by atoms with Crippen LogP contribution in [0, 0.1) is 6.92 Å². The van der Waals surface area contributed by atoms with Gasteiger partial charge in [0.25, 0.3) is 5.56 Å². The van der Waals surface area contributed by atoms with E-state index < -0.39 is 0 Å². The van der Waals surface area contributed by atoms with Crippen molar-refractivity contribution >= 4 is 22.4 Å². The van der Waals surface area contributed by atoms with Crippen molar-refractivity contribution in [3.8, 4) is 22.7 Å². The van der Waals surface area contributed by atoms with Gasteiger partial charge in [-0.3, -0.25) is 9.36 Å². The number of hydrogen-bond donors (Lipinski definition) is 3. The average molecular weight is 522 g/mol. The number of benzene rings is 2. The summed E-state index contributed by atoms with van der Waals surface area (Å²) < 4.78 is 4.87. The van der Waals surface area contributed by atoms with Crippen LogP contribution >= 0.6 is 0 Å². The molecule has 11 heteroatoms. The number of nitrogen functional groups attached to an aromatic ring is 1. The highest BCUT2D eigenvalue weighted by Gasteiger charge is 2.21. The fraction of sp³-hybridized carbons (Fsp3) is 0.179. The molecule has 39 heavy (non-hydrogen) atoms. The van der Waals surface area contributed by atoms with Crippen molar-refractivity contribution in [1.82, 2.24) is 39.2 Å². The summed E-state index contributed by atoms with van der Waals surface area (Å²) in [6, 6.07) is 16.6. The summed E-state index contributed by atoms with van der Waals surface area (Å²) in [5.41, 5.74) is 10.8. The van der Waals surface area contributed by atoms with Gasteiger partial charge in [0.05, 0.1) is 11.1 Å². The number of rotatable bonds is 7. The fourth-order valence-electron chi connectivity index (χ4n) is 4.86. The van der Waals surface area contributed by atoms with E-state index in [1.165, 1.54) is 6.33 Å². The summed E-state index contributed by atoms with van der Waals surface area (Å²) in [6.45, 7) is 5.43. The third-order valence-electron chi connectivity index (χ3n) is 6.65. The molecule has 11 nitrogen and oxygen atoms in total. The van der Waals surface area contributed by atoms with Gasteiger partial charge in [0, 0.05) is 18.3 Å². The van der Waals surface area contributed by atoms with Gasteiger partial charge in [-0.25, -0.2) is 19.2 Å². The van der Waals surface area contributed by atoms with E-state index in [1.807, 2.05) is 56.3 Å². The summed E-state index contributed by atoms with van der Waals surface area (Å²) in [4.78, 5) is 22.4. The van der Waals surface area contributed by atoms with E-state index in [1.54, 1.807) is 32.1 Å². The molecule has 0 saturated carbocycles. The Morgan fingerprint density at radius 1 is 1.05 bits per heavy atom.